The van der Waals surface area contributed by atoms with Crippen molar-refractivity contribution in [2.45, 2.75) is 38.0 Å². The highest BCUT2D eigenvalue weighted by Crippen LogP contribution is 2.36. The van der Waals surface area contributed by atoms with Crippen LogP contribution in [0.25, 0.3) is 0 Å². The van der Waals surface area contributed by atoms with Gasteiger partial charge in [0.2, 0.25) is 0 Å². The third kappa shape index (κ3) is 3.11. The Labute approximate surface area is 153 Å². The molecule has 0 unspecified atom stereocenters. The number of hydrogen-bond donors (Lipinski definition) is 1. The normalized spacial score (nSPS) is 16.7. The number of carbonyl (C=O) groups is 2. The third-order valence-corrected chi connectivity index (χ3v) is 5.35. The highest BCUT2D eigenvalue weighted by atomic mass is 16.4. The highest BCUT2D eigenvalue weighted by molar-refractivity contribution is 5.93. The highest BCUT2D eigenvalue weighted by Gasteiger charge is 2.44. The number of carboxylic acids is 1. The SMILES string of the molecule is CC(C)c1cc(C(=O)N2CCC(C(=O)O)(c3ccccc3)CC2)n(C)n1. The van der Waals surface area contributed by atoms with Crippen LogP contribution in [0.15, 0.2) is 36.4 Å². The van der Waals surface area contributed by atoms with Gasteiger partial charge in [0.25, 0.3) is 5.91 Å². The summed E-state index contributed by atoms with van der Waals surface area (Å²) in [7, 11) is 1.77. The number of nitrogens with zero attached hydrogens (tertiary/aromatic N) is 3. The molecule has 1 N–H and O–H groups in total. The lowest BCUT2D eigenvalue weighted by Gasteiger charge is -2.39. The Kier molecular flexibility index (Phi) is 4.85. The number of benzene rings is 1. The molecule has 1 amide bonds. The number of rotatable bonds is 4. The molecule has 1 fully saturated rings. The predicted molar refractivity (Wildman–Crippen MR) is 98.2 cm³/mol. The monoisotopic (exact) mass is 355 g/mol. The molecule has 6 heteroatoms. The predicted octanol–water partition coefficient (Wildman–Crippen LogP) is 2.80. The maximum Gasteiger partial charge on any atom is 0.314 e. The number of hydrogen-bond acceptors (Lipinski definition) is 3. The summed E-state index contributed by atoms with van der Waals surface area (Å²) in [6.45, 7) is 4.92. The zero-order valence-electron chi connectivity index (χ0n) is 15.5. The van der Waals surface area contributed by atoms with Gasteiger partial charge in [-0.1, -0.05) is 44.2 Å². The summed E-state index contributed by atoms with van der Waals surface area (Å²) in [5, 5.41) is 14.3. The summed E-state index contributed by atoms with van der Waals surface area (Å²) < 4.78 is 1.62. The van der Waals surface area contributed by atoms with Crippen LogP contribution in [-0.4, -0.2) is 44.8 Å². The first-order valence-electron chi connectivity index (χ1n) is 8.97. The molecule has 0 aliphatic carbocycles. The van der Waals surface area contributed by atoms with E-state index >= 15 is 0 Å². The zero-order chi connectivity index (χ0) is 18.9. The Bertz CT molecular complexity index is 803. The van der Waals surface area contributed by atoms with Gasteiger partial charge in [-0.25, -0.2) is 0 Å². The fraction of sp³-hybridized carbons (Fsp3) is 0.450. The summed E-state index contributed by atoms with van der Waals surface area (Å²) >= 11 is 0. The molecule has 138 valence electrons. The lowest BCUT2D eigenvalue weighted by atomic mass is 9.73. The van der Waals surface area contributed by atoms with E-state index in [9.17, 15) is 14.7 Å². The third-order valence-electron chi connectivity index (χ3n) is 5.35. The quantitative estimate of drug-likeness (QED) is 0.915. The summed E-state index contributed by atoms with van der Waals surface area (Å²) in [5.41, 5.74) is 1.32. The van der Waals surface area contributed by atoms with Crippen molar-refractivity contribution in [1.82, 2.24) is 14.7 Å². The number of amides is 1. The minimum absolute atomic E-state index is 0.0843. The van der Waals surface area contributed by atoms with Crippen molar-refractivity contribution >= 4 is 11.9 Å². The lowest BCUT2D eigenvalue weighted by molar-refractivity contribution is -0.145. The molecule has 1 aliphatic rings. The van der Waals surface area contributed by atoms with Crippen molar-refractivity contribution < 1.29 is 14.7 Å². The van der Waals surface area contributed by atoms with Crippen LogP contribution in [-0.2, 0) is 17.3 Å². The number of aryl methyl sites for hydroxylation is 1. The van der Waals surface area contributed by atoms with Gasteiger partial charge < -0.3 is 10.0 Å². The lowest BCUT2D eigenvalue weighted by Crippen LogP contribution is -2.49. The average Bonchev–Trinajstić information content (AvgIpc) is 3.04. The van der Waals surface area contributed by atoms with Gasteiger partial charge in [0.05, 0.1) is 11.1 Å². The van der Waals surface area contributed by atoms with E-state index in [1.54, 1.807) is 16.6 Å². The number of carboxylic acid groups (broad SMARTS) is 1. The van der Waals surface area contributed by atoms with Gasteiger partial charge in [-0.05, 0) is 30.4 Å². The number of likely N-dealkylation sites (tertiary alicyclic amines) is 1. The maximum absolute atomic E-state index is 12.9. The average molecular weight is 355 g/mol. The van der Waals surface area contributed by atoms with E-state index < -0.39 is 11.4 Å². The van der Waals surface area contributed by atoms with Crippen LogP contribution >= 0.6 is 0 Å². The number of piperidine rings is 1. The molecule has 0 saturated carbocycles. The topological polar surface area (TPSA) is 75.4 Å². The zero-order valence-corrected chi connectivity index (χ0v) is 15.5. The molecule has 2 heterocycles. The minimum atomic E-state index is -0.923. The Hall–Kier alpha value is -2.63. The molecule has 0 radical (unpaired) electrons. The van der Waals surface area contributed by atoms with Crippen LogP contribution in [0.3, 0.4) is 0 Å². The molecule has 0 atom stereocenters. The van der Waals surface area contributed by atoms with Gasteiger partial charge in [-0.2, -0.15) is 5.10 Å². The van der Waals surface area contributed by atoms with Gasteiger partial charge in [-0.3, -0.25) is 14.3 Å². The summed E-state index contributed by atoms with van der Waals surface area (Å²) in [6, 6.07) is 11.2. The standard InChI is InChI=1S/C20H25N3O3/c1-14(2)16-13-17(22(3)21-16)18(24)23-11-9-20(10-12-23,19(25)26)15-7-5-4-6-8-15/h4-8,13-14H,9-12H2,1-3H3,(H,25,26). The molecule has 6 nitrogen and oxygen atoms in total. The van der Waals surface area contributed by atoms with E-state index in [-0.39, 0.29) is 11.8 Å². The largest absolute Gasteiger partial charge is 0.481 e. The van der Waals surface area contributed by atoms with Crippen LogP contribution in [0.1, 0.15) is 54.4 Å². The molecule has 1 aromatic heterocycles. The maximum atomic E-state index is 12.9. The van der Waals surface area contributed by atoms with Crippen molar-refractivity contribution in [1.29, 1.82) is 0 Å². The van der Waals surface area contributed by atoms with Gasteiger partial charge >= 0.3 is 5.97 Å². The van der Waals surface area contributed by atoms with Crippen molar-refractivity contribution in [3.63, 3.8) is 0 Å². The first-order valence-corrected chi connectivity index (χ1v) is 8.97. The van der Waals surface area contributed by atoms with Gasteiger partial charge in [0.1, 0.15) is 5.69 Å². The second kappa shape index (κ2) is 6.94. The van der Waals surface area contributed by atoms with Crippen molar-refractivity contribution in [2.24, 2.45) is 7.05 Å². The minimum Gasteiger partial charge on any atom is -0.481 e. The van der Waals surface area contributed by atoms with Crippen LogP contribution in [0.4, 0.5) is 0 Å². The molecule has 0 bridgehead atoms. The number of aromatic nitrogens is 2. The van der Waals surface area contributed by atoms with Crippen molar-refractivity contribution in [3.8, 4) is 0 Å². The van der Waals surface area contributed by atoms with Crippen LogP contribution in [0.5, 0.6) is 0 Å². The second-order valence-electron chi connectivity index (χ2n) is 7.28. The number of aliphatic carboxylic acids is 1. The molecule has 1 aliphatic heterocycles. The first-order chi connectivity index (χ1) is 12.3. The molecule has 1 aromatic carbocycles. The molecular weight excluding hydrogens is 330 g/mol. The molecule has 1 saturated heterocycles. The molecule has 3 rings (SSSR count). The number of carbonyl (C=O) groups excluding carboxylic acids is 1. The fourth-order valence-corrected chi connectivity index (χ4v) is 3.61. The van der Waals surface area contributed by atoms with E-state index in [1.165, 1.54) is 0 Å². The van der Waals surface area contributed by atoms with Crippen molar-refractivity contribution in [3.05, 3.63) is 53.3 Å². The van der Waals surface area contributed by atoms with Crippen LogP contribution in [0.2, 0.25) is 0 Å². The summed E-state index contributed by atoms with van der Waals surface area (Å²) in [6.07, 6.45) is 0.819. The van der Waals surface area contributed by atoms with Gasteiger partial charge in [-0.15, -0.1) is 0 Å². The Balaban J connectivity index is 1.79. The van der Waals surface area contributed by atoms with E-state index in [0.29, 0.717) is 31.6 Å². The molecule has 2 aromatic rings. The molecule has 26 heavy (non-hydrogen) atoms. The second-order valence-corrected chi connectivity index (χ2v) is 7.28. The van der Waals surface area contributed by atoms with E-state index in [1.807, 2.05) is 50.2 Å². The fourth-order valence-electron chi connectivity index (χ4n) is 3.61. The summed E-state index contributed by atoms with van der Waals surface area (Å²) in [5.74, 6) is -0.653. The molecular formula is C20H25N3O3. The van der Waals surface area contributed by atoms with Gasteiger partial charge in [0, 0.05) is 20.1 Å². The summed E-state index contributed by atoms with van der Waals surface area (Å²) in [4.78, 5) is 26.7. The van der Waals surface area contributed by atoms with E-state index in [0.717, 1.165) is 11.3 Å². The van der Waals surface area contributed by atoms with Crippen molar-refractivity contribution in [2.75, 3.05) is 13.1 Å². The Morgan fingerprint density at radius 3 is 2.27 bits per heavy atom. The first kappa shape index (κ1) is 18.2. The Morgan fingerprint density at radius 1 is 1.15 bits per heavy atom. The Morgan fingerprint density at radius 2 is 1.77 bits per heavy atom. The van der Waals surface area contributed by atoms with Crippen LogP contribution < -0.4 is 0 Å². The van der Waals surface area contributed by atoms with Gasteiger partial charge in [0.15, 0.2) is 0 Å². The van der Waals surface area contributed by atoms with E-state index in [4.69, 9.17) is 0 Å². The van der Waals surface area contributed by atoms with Crippen LogP contribution in [0, 0.1) is 0 Å². The molecule has 0 spiro atoms. The van der Waals surface area contributed by atoms with E-state index in [2.05, 4.69) is 5.10 Å². The smallest absolute Gasteiger partial charge is 0.314 e.